The molecular weight excluding hydrogens is 226 g/mol. The molecule has 2 aliphatic heterocycles. The molecule has 0 aromatic carbocycles. The molecule has 96 valence electrons. The molecule has 2 aliphatic rings. The Morgan fingerprint density at radius 3 is 2.22 bits per heavy atom. The van der Waals surface area contributed by atoms with E-state index < -0.39 is 0 Å². The maximum atomic E-state index is 11.8. The SMILES string of the molecule is C#CCN1CCN(CC#CCN2CCCC2)C1=O. The minimum atomic E-state index is 0.0171. The molecule has 0 spiro atoms. The fraction of sp³-hybridized carbons (Fsp3) is 0.643. The molecule has 4 nitrogen and oxygen atoms in total. The van der Waals surface area contributed by atoms with Crippen LogP contribution in [0.2, 0.25) is 0 Å². The van der Waals surface area contributed by atoms with E-state index in [0.717, 1.165) is 32.7 Å². The van der Waals surface area contributed by atoms with Gasteiger partial charge < -0.3 is 9.80 Å². The Bertz CT molecular complexity index is 395. The molecule has 2 heterocycles. The number of amides is 2. The van der Waals surface area contributed by atoms with Crippen LogP contribution in [-0.4, -0.2) is 66.5 Å². The molecule has 2 amide bonds. The number of urea groups is 1. The van der Waals surface area contributed by atoms with Crippen LogP contribution in [0.5, 0.6) is 0 Å². The largest absolute Gasteiger partial charge is 0.321 e. The first-order chi connectivity index (χ1) is 8.81. The van der Waals surface area contributed by atoms with Gasteiger partial charge in [0, 0.05) is 13.1 Å². The monoisotopic (exact) mass is 245 g/mol. The lowest BCUT2D eigenvalue weighted by Gasteiger charge is -2.14. The summed E-state index contributed by atoms with van der Waals surface area (Å²) in [5.41, 5.74) is 0. The van der Waals surface area contributed by atoms with Crippen LogP contribution in [0.15, 0.2) is 0 Å². The Hall–Kier alpha value is -1.65. The highest BCUT2D eigenvalue weighted by Crippen LogP contribution is 2.07. The molecule has 2 rings (SSSR count). The number of hydrogen-bond acceptors (Lipinski definition) is 2. The summed E-state index contributed by atoms with van der Waals surface area (Å²) in [6.45, 7) is 5.52. The van der Waals surface area contributed by atoms with Crippen molar-refractivity contribution >= 4 is 6.03 Å². The van der Waals surface area contributed by atoms with Crippen molar-refractivity contribution in [3.05, 3.63) is 0 Å². The van der Waals surface area contributed by atoms with E-state index in [1.54, 1.807) is 9.80 Å². The number of carbonyl (C=O) groups is 1. The van der Waals surface area contributed by atoms with Gasteiger partial charge in [0.25, 0.3) is 0 Å². The second-order valence-electron chi connectivity index (χ2n) is 4.67. The molecule has 0 aromatic rings. The lowest BCUT2D eigenvalue weighted by atomic mass is 10.4. The lowest BCUT2D eigenvalue weighted by Crippen LogP contribution is -2.32. The predicted molar refractivity (Wildman–Crippen MR) is 70.8 cm³/mol. The fourth-order valence-corrected chi connectivity index (χ4v) is 2.30. The van der Waals surface area contributed by atoms with E-state index in [0.29, 0.717) is 13.1 Å². The van der Waals surface area contributed by atoms with Crippen molar-refractivity contribution in [2.75, 3.05) is 45.8 Å². The second-order valence-corrected chi connectivity index (χ2v) is 4.67. The van der Waals surface area contributed by atoms with Crippen LogP contribution in [0.1, 0.15) is 12.8 Å². The summed E-state index contributed by atoms with van der Waals surface area (Å²) in [4.78, 5) is 17.6. The Morgan fingerprint density at radius 1 is 0.944 bits per heavy atom. The summed E-state index contributed by atoms with van der Waals surface area (Å²) in [5, 5.41) is 0. The summed E-state index contributed by atoms with van der Waals surface area (Å²) < 4.78 is 0. The molecule has 0 bridgehead atoms. The van der Waals surface area contributed by atoms with Gasteiger partial charge in [-0.15, -0.1) is 6.42 Å². The van der Waals surface area contributed by atoms with Crippen molar-refractivity contribution in [2.45, 2.75) is 12.8 Å². The predicted octanol–water partition coefficient (Wildman–Crippen LogP) is 0.456. The summed E-state index contributed by atoms with van der Waals surface area (Å²) in [7, 11) is 0. The summed E-state index contributed by atoms with van der Waals surface area (Å²) in [6.07, 6.45) is 7.78. The average molecular weight is 245 g/mol. The Morgan fingerprint density at radius 2 is 1.56 bits per heavy atom. The normalized spacial score (nSPS) is 19.8. The van der Waals surface area contributed by atoms with E-state index in [2.05, 4.69) is 22.7 Å². The van der Waals surface area contributed by atoms with Crippen molar-refractivity contribution in [3.63, 3.8) is 0 Å². The molecule has 0 atom stereocenters. The van der Waals surface area contributed by atoms with E-state index in [4.69, 9.17) is 6.42 Å². The topological polar surface area (TPSA) is 26.8 Å². The molecular formula is C14H19N3O. The van der Waals surface area contributed by atoms with Gasteiger partial charge in [0.2, 0.25) is 0 Å². The molecule has 0 unspecified atom stereocenters. The average Bonchev–Trinajstić information content (AvgIpc) is 2.98. The zero-order valence-electron chi connectivity index (χ0n) is 10.7. The van der Waals surface area contributed by atoms with Gasteiger partial charge in [-0.25, -0.2) is 4.79 Å². The molecule has 2 fully saturated rings. The molecule has 0 radical (unpaired) electrons. The molecule has 0 N–H and O–H groups in total. The van der Waals surface area contributed by atoms with Crippen molar-refractivity contribution in [2.24, 2.45) is 0 Å². The van der Waals surface area contributed by atoms with Gasteiger partial charge in [0.05, 0.1) is 19.6 Å². The first-order valence-corrected chi connectivity index (χ1v) is 6.46. The Labute approximate surface area is 109 Å². The molecule has 0 aromatic heterocycles. The number of terminal acetylenes is 1. The third kappa shape index (κ3) is 3.18. The van der Waals surface area contributed by atoms with Crippen LogP contribution < -0.4 is 0 Å². The minimum absolute atomic E-state index is 0.0171. The van der Waals surface area contributed by atoms with Gasteiger partial charge in [-0.05, 0) is 25.9 Å². The summed E-state index contributed by atoms with van der Waals surface area (Å²) in [6, 6.07) is 0.0171. The van der Waals surface area contributed by atoms with Crippen LogP contribution in [0, 0.1) is 24.2 Å². The maximum Gasteiger partial charge on any atom is 0.321 e. The van der Waals surface area contributed by atoms with Crippen molar-refractivity contribution < 1.29 is 4.79 Å². The second kappa shape index (κ2) is 6.33. The number of nitrogens with zero attached hydrogens (tertiary/aromatic N) is 3. The van der Waals surface area contributed by atoms with Gasteiger partial charge in [0.1, 0.15) is 0 Å². The van der Waals surface area contributed by atoms with Gasteiger partial charge in [0.15, 0.2) is 0 Å². The van der Waals surface area contributed by atoms with Crippen molar-refractivity contribution in [1.82, 2.24) is 14.7 Å². The number of rotatable bonds is 3. The minimum Gasteiger partial charge on any atom is -0.312 e. The Kier molecular flexibility index (Phi) is 4.50. The van der Waals surface area contributed by atoms with Crippen LogP contribution in [-0.2, 0) is 0 Å². The number of likely N-dealkylation sites (tertiary alicyclic amines) is 1. The van der Waals surface area contributed by atoms with Gasteiger partial charge >= 0.3 is 6.03 Å². The van der Waals surface area contributed by atoms with Gasteiger partial charge in [-0.1, -0.05) is 17.8 Å². The van der Waals surface area contributed by atoms with E-state index >= 15 is 0 Å². The van der Waals surface area contributed by atoms with Crippen LogP contribution >= 0.6 is 0 Å². The van der Waals surface area contributed by atoms with Crippen molar-refractivity contribution in [1.29, 1.82) is 0 Å². The quantitative estimate of drug-likeness (QED) is 0.675. The molecule has 4 heteroatoms. The van der Waals surface area contributed by atoms with Crippen LogP contribution in [0.25, 0.3) is 0 Å². The standard InChI is InChI=1S/C14H19N3O/c1-2-7-16-12-13-17(14(16)18)11-6-5-10-15-8-3-4-9-15/h1H,3-4,7-13H2. The molecule has 2 saturated heterocycles. The highest BCUT2D eigenvalue weighted by atomic mass is 16.2. The molecule has 0 saturated carbocycles. The third-order valence-electron chi connectivity index (χ3n) is 3.36. The number of carbonyl (C=O) groups excluding carboxylic acids is 1. The third-order valence-corrected chi connectivity index (χ3v) is 3.36. The van der Waals surface area contributed by atoms with Crippen LogP contribution in [0.3, 0.4) is 0 Å². The van der Waals surface area contributed by atoms with Crippen LogP contribution in [0.4, 0.5) is 4.79 Å². The van der Waals surface area contributed by atoms with Gasteiger partial charge in [-0.3, -0.25) is 4.90 Å². The first kappa shape index (κ1) is 12.8. The fourth-order valence-electron chi connectivity index (χ4n) is 2.30. The molecule has 18 heavy (non-hydrogen) atoms. The zero-order valence-corrected chi connectivity index (χ0v) is 10.7. The Balaban J connectivity index is 1.72. The van der Waals surface area contributed by atoms with E-state index in [1.807, 2.05) is 0 Å². The zero-order chi connectivity index (χ0) is 12.8. The van der Waals surface area contributed by atoms with Gasteiger partial charge in [-0.2, -0.15) is 0 Å². The number of hydrogen-bond donors (Lipinski definition) is 0. The first-order valence-electron chi connectivity index (χ1n) is 6.46. The molecule has 0 aliphatic carbocycles. The highest BCUT2D eigenvalue weighted by molar-refractivity contribution is 5.77. The summed E-state index contributed by atoms with van der Waals surface area (Å²) >= 11 is 0. The van der Waals surface area contributed by atoms with E-state index in [-0.39, 0.29) is 6.03 Å². The lowest BCUT2D eigenvalue weighted by molar-refractivity contribution is 0.200. The van der Waals surface area contributed by atoms with E-state index in [9.17, 15) is 4.79 Å². The maximum absolute atomic E-state index is 11.8. The highest BCUT2D eigenvalue weighted by Gasteiger charge is 2.26. The van der Waals surface area contributed by atoms with E-state index in [1.165, 1.54) is 12.8 Å². The van der Waals surface area contributed by atoms with Crippen molar-refractivity contribution in [3.8, 4) is 24.2 Å². The smallest absolute Gasteiger partial charge is 0.312 e. The summed E-state index contributed by atoms with van der Waals surface area (Å²) in [5.74, 6) is 8.73.